The summed E-state index contributed by atoms with van der Waals surface area (Å²) >= 11 is 3.26. The van der Waals surface area contributed by atoms with Crippen LogP contribution in [0, 0.1) is 0 Å². The summed E-state index contributed by atoms with van der Waals surface area (Å²) in [5.41, 5.74) is 0.689. The number of nitrogens with zero attached hydrogens (tertiary/aromatic N) is 1. The predicted octanol–water partition coefficient (Wildman–Crippen LogP) is 2.12. The van der Waals surface area contributed by atoms with Crippen LogP contribution in [-0.2, 0) is 14.6 Å². The maximum absolute atomic E-state index is 11.5. The summed E-state index contributed by atoms with van der Waals surface area (Å²) in [5, 5.41) is 0. The van der Waals surface area contributed by atoms with Gasteiger partial charge >= 0.3 is 0 Å². The van der Waals surface area contributed by atoms with Crippen molar-refractivity contribution in [3.63, 3.8) is 0 Å². The molecule has 0 saturated carbocycles. The van der Waals surface area contributed by atoms with E-state index in [2.05, 4.69) is 20.9 Å². The van der Waals surface area contributed by atoms with Crippen LogP contribution in [-0.4, -0.2) is 19.7 Å². The highest BCUT2D eigenvalue weighted by Gasteiger charge is 2.32. The molecule has 0 amide bonds. The van der Waals surface area contributed by atoms with E-state index >= 15 is 0 Å². The summed E-state index contributed by atoms with van der Waals surface area (Å²) in [4.78, 5) is 3.95. The lowest BCUT2D eigenvalue weighted by Gasteiger charge is -2.22. The van der Waals surface area contributed by atoms with Gasteiger partial charge in [-0.15, -0.1) is 0 Å². The first-order chi connectivity index (χ1) is 6.25. The van der Waals surface area contributed by atoms with Crippen LogP contribution in [0.5, 0.6) is 0 Å². The van der Waals surface area contributed by atoms with E-state index in [0.29, 0.717) is 5.56 Å². The topological polar surface area (TPSA) is 47.0 Å². The molecule has 0 atom stereocenters. The Balaban J connectivity index is 3.31. The Morgan fingerprint density at radius 3 is 2.36 bits per heavy atom. The molecule has 0 aromatic carbocycles. The Hall–Kier alpha value is -0.420. The number of hydrogen-bond donors (Lipinski definition) is 0. The lowest BCUT2D eigenvalue weighted by Crippen LogP contribution is -2.28. The molecule has 1 rings (SSSR count). The average molecular weight is 278 g/mol. The van der Waals surface area contributed by atoms with Gasteiger partial charge < -0.3 is 0 Å². The second-order valence-corrected chi connectivity index (χ2v) is 7.15. The van der Waals surface area contributed by atoms with E-state index in [-0.39, 0.29) is 0 Å². The second kappa shape index (κ2) is 3.62. The molecule has 0 saturated heterocycles. The third-order valence-electron chi connectivity index (χ3n) is 2.33. The molecular formula is C9H12BrNO2S. The molecular weight excluding hydrogens is 266 g/mol. The highest BCUT2D eigenvalue weighted by Crippen LogP contribution is 2.29. The van der Waals surface area contributed by atoms with Crippen molar-refractivity contribution in [1.82, 2.24) is 4.98 Å². The number of halogens is 1. The summed E-state index contributed by atoms with van der Waals surface area (Å²) in [7, 11) is -3.13. The molecule has 0 N–H and O–H groups in total. The molecule has 5 heteroatoms. The summed E-state index contributed by atoms with van der Waals surface area (Å²) in [6, 6.07) is 1.77. The Bertz CT molecular complexity index is 440. The fourth-order valence-corrected chi connectivity index (χ4v) is 1.86. The Morgan fingerprint density at radius 2 is 1.93 bits per heavy atom. The molecule has 78 valence electrons. The monoisotopic (exact) mass is 277 g/mol. The zero-order valence-corrected chi connectivity index (χ0v) is 10.7. The van der Waals surface area contributed by atoms with Gasteiger partial charge in [0.15, 0.2) is 9.84 Å². The van der Waals surface area contributed by atoms with Crippen molar-refractivity contribution < 1.29 is 8.42 Å². The van der Waals surface area contributed by atoms with Crippen LogP contribution in [0.3, 0.4) is 0 Å². The van der Waals surface area contributed by atoms with E-state index in [1.165, 1.54) is 6.26 Å². The molecule has 14 heavy (non-hydrogen) atoms. The quantitative estimate of drug-likeness (QED) is 0.832. The number of rotatable bonds is 2. The van der Waals surface area contributed by atoms with Gasteiger partial charge in [0.1, 0.15) is 0 Å². The first-order valence-corrected chi connectivity index (χ1v) is 6.74. The first kappa shape index (κ1) is 11.7. The molecule has 1 heterocycles. The Kier molecular flexibility index (Phi) is 3.02. The normalized spacial score (nSPS) is 12.9. The summed E-state index contributed by atoms with van der Waals surface area (Å²) < 4.78 is 22.9. The molecule has 1 aromatic rings. The van der Waals surface area contributed by atoms with Crippen molar-refractivity contribution in [3.8, 4) is 0 Å². The van der Waals surface area contributed by atoms with E-state index < -0.39 is 14.6 Å². The molecule has 0 bridgehead atoms. The Morgan fingerprint density at radius 1 is 1.36 bits per heavy atom. The van der Waals surface area contributed by atoms with Crippen molar-refractivity contribution in [3.05, 3.63) is 28.5 Å². The average Bonchev–Trinajstić information content (AvgIpc) is 2.02. The minimum absolute atomic E-state index is 0.689. The van der Waals surface area contributed by atoms with Crippen molar-refractivity contribution in [2.24, 2.45) is 0 Å². The smallest absolute Gasteiger partial charge is 0.156 e. The van der Waals surface area contributed by atoms with Gasteiger partial charge in [-0.25, -0.2) is 8.42 Å². The minimum atomic E-state index is -3.13. The molecule has 0 aliphatic rings. The van der Waals surface area contributed by atoms with E-state index in [4.69, 9.17) is 0 Å². The van der Waals surface area contributed by atoms with Gasteiger partial charge in [0.25, 0.3) is 0 Å². The third kappa shape index (κ3) is 2.15. The third-order valence-corrected chi connectivity index (χ3v) is 4.85. The van der Waals surface area contributed by atoms with Crippen LogP contribution >= 0.6 is 15.9 Å². The van der Waals surface area contributed by atoms with Gasteiger partial charge in [-0.05, 0) is 41.4 Å². The Labute approximate surface area is 92.6 Å². The maximum Gasteiger partial charge on any atom is 0.156 e. The predicted molar refractivity (Wildman–Crippen MR) is 59.8 cm³/mol. The van der Waals surface area contributed by atoms with Gasteiger partial charge in [0.2, 0.25) is 0 Å². The minimum Gasteiger partial charge on any atom is -0.263 e. The van der Waals surface area contributed by atoms with Crippen molar-refractivity contribution in [2.75, 3.05) is 6.26 Å². The van der Waals surface area contributed by atoms with Gasteiger partial charge in [-0.1, -0.05) is 0 Å². The van der Waals surface area contributed by atoms with Crippen LogP contribution in [0.1, 0.15) is 19.4 Å². The number of sulfone groups is 1. The zero-order valence-electron chi connectivity index (χ0n) is 8.28. The fourth-order valence-electron chi connectivity index (χ4n) is 0.955. The van der Waals surface area contributed by atoms with Crippen LogP contribution in [0.25, 0.3) is 0 Å². The van der Waals surface area contributed by atoms with Gasteiger partial charge in [-0.3, -0.25) is 4.98 Å². The van der Waals surface area contributed by atoms with Gasteiger partial charge in [0.05, 0.1) is 4.75 Å². The van der Waals surface area contributed by atoms with Gasteiger partial charge in [0, 0.05) is 23.1 Å². The largest absolute Gasteiger partial charge is 0.263 e. The number of pyridine rings is 1. The molecule has 0 aliphatic heterocycles. The van der Waals surface area contributed by atoms with Gasteiger partial charge in [-0.2, -0.15) is 0 Å². The summed E-state index contributed by atoms with van der Waals surface area (Å²) in [6.07, 6.45) is 4.43. The summed E-state index contributed by atoms with van der Waals surface area (Å²) in [5.74, 6) is 0. The molecule has 1 aromatic heterocycles. The van der Waals surface area contributed by atoms with Crippen LogP contribution in [0.2, 0.25) is 0 Å². The van der Waals surface area contributed by atoms with Crippen molar-refractivity contribution >= 4 is 25.8 Å². The fraction of sp³-hybridized carbons (Fsp3) is 0.444. The zero-order chi connectivity index (χ0) is 11.0. The highest BCUT2D eigenvalue weighted by molar-refractivity contribution is 9.10. The number of hydrogen-bond acceptors (Lipinski definition) is 3. The van der Waals surface area contributed by atoms with E-state index in [0.717, 1.165) is 4.47 Å². The molecule has 0 spiro atoms. The molecule has 3 nitrogen and oxygen atoms in total. The maximum atomic E-state index is 11.5. The standard InChI is InChI=1S/C9H12BrNO2S/c1-9(2,14(3,12)13)7-4-8(10)6-11-5-7/h4-6H,1-3H3. The van der Waals surface area contributed by atoms with E-state index in [1.54, 1.807) is 32.3 Å². The molecule has 0 aliphatic carbocycles. The van der Waals surface area contributed by atoms with Crippen LogP contribution in [0.15, 0.2) is 22.9 Å². The lowest BCUT2D eigenvalue weighted by molar-refractivity contribution is 0.560. The second-order valence-electron chi connectivity index (χ2n) is 3.67. The first-order valence-electron chi connectivity index (χ1n) is 4.06. The summed E-state index contributed by atoms with van der Waals surface area (Å²) in [6.45, 7) is 3.34. The van der Waals surface area contributed by atoms with E-state index in [9.17, 15) is 8.42 Å². The SMILES string of the molecule is CC(C)(c1cncc(Br)c1)S(C)(=O)=O. The molecule has 0 radical (unpaired) electrons. The van der Waals surface area contributed by atoms with Crippen LogP contribution < -0.4 is 0 Å². The molecule has 0 fully saturated rings. The van der Waals surface area contributed by atoms with Crippen LogP contribution in [0.4, 0.5) is 0 Å². The van der Waals surface area contributed by atoms with Crippen molar-refractivity contribution in [2.45, 2.75) is 18.6 Å². The van der Waals surface area contributed by atoms with Crippen molar-refractivity contribution in [1.29, 1.82) is 0 Å². The highest BCUT2D eigenvalue weighted by atomic mass is 79.9. The molecule has 0 unspecified atom stereocenters. The van der Waals surface area contributed by atoms with E-state index in [1.807, 2.05) is 0 Å². The lowest BCUT2D eigenvalue weighted by atomic mass is 10.1. The number of aromatic nitrogens is 1.